The topological polar surface area (TPSA) is 26.0 Å². The molecule has 0 spiro atoms. The summed E-state index contributed by atoms with van der Waals surface area (Å²) in [6.07, 6.45) is 0. The Hall–Kier alpha value is -1.83. The third-order valence-corrected chi connectivity index (χ3v) is 3.18. The van der Waals surface area contributed by atoms with Gasteiger partial charge in [-0.2, -0.15) is 0 Å². The molecular formula is C15H16FN. The van der Waals surface area contributed by atoms with Crippen LogP contribution in [0.2, 0.25) is 0 Å². The van der Waals surface area contributed by atoms with Gasteiger partial charge in [0.25, 0.3) is 0 Å². The molecule has 0 radical (unpaired) electrons. The molecule has 0 aliphatic rings. The monoisotopic (exact) mass is 229 g/mol. The predicted octanol–water partition coefficient (Wildman–Crippen LogP) is 4.00. The highest BCUT2D eigenvalue weighted by Crippen LogP contribution is 2.31. The van der Waals surface area contributed by atoms with E-state index in [1.165, 1.54) is 17.2 Å². The second-order valence-corrected chi connectivity index (χ2v) is 4.45. The van der Waals surface area contributed by atoms with Gasteiger partial charge in [0, 0.05) is 5.56 Å². The summed E-state index contributed by atoms with van der Waals surface area (Å²) >= 11 is 0. The van der Waals surface area contributed by atoms with E-state index in [-0.39, 0.29) is 11.5 Å². The van der Waals surface area contributed by atoms with Crippen molar-refractivity contribution in [3.63, 3.8) is 0 Å². The summed E-state index contributed by atoms with van der Waals surface area (Å²) in [6.45, 7) is 6.14. The van der Waals surface area contributed by atoms with Crippen molar-refractivity contribution < 1.29 is 4.39 Å². The zero-order valence-electron chi connectivity index (χ0n) is 10.3. The standard InChI is InChI=1S/C15H16FN/c1-9-7-11(3)13(8-10(9)2)12-5-4-6-14(16)15(12)17/h4-8H,17H2,1-3H3. The Morgan fingerprint density at radius 3 is 2.24 bits per heavy atom. The van der Waals surface area contributed by atoms with Crippen molar-refractivity contribution in [3.8, 4) is 11.1 Å². The minimum Gasteiger partial charge on any atom is -0.396 e. The van der Waals surface area contributed by atoms with Gasteiger partial charge < -0.3 is 5.73 Å². The third kappa shape index (κ3) is 2.03. The van der Waals surface area contributed by atoms with E-state index in [9.17, 15) is 4.39 Å². The molecule has 0 aromatic heterocycles. The highest BCUT2D eigenvalue weighted by Gasteiger charge is 2.10. The summed E-state index contributed by atoms with van der Waals surface area (Å²) in [5.41, 5.74) is 11.3. The van der Waals surface area contributed by atoms with Gasteiger partial charge in [0.1, 0.15) is 5.82 Å². The third-order valence-electron chi connectivity index (χ3n) is 3.18. The van der Waals surface area contributed by atoms with Gasteiger partial charge in [0.05, 0.1) is 5.69 Å². The highest BCUT2D eigenvalue weighted by atomic mass is 19.1. The van der Waals surface area contributed by atoms with E-state index in [1.54, 1.807) is 6.07 Å². The molecule has 0 bridgehead atoms. The first kappa shape index (κ1) is 11.6. The molecule has 0 fully saturated rings. The highest BCUT2D eigenvalue weighted by molar-refractivity contribution is 5.79. The van der Waals surface area contributed by atoms with E-state index in [1.807, 2.05) is 19.9 Å². The Balaban J connectivity index is 2.69. The number of rotatable bonds is 1. The lowest BCUT2D eigenvalue weighted by Crippen LogP contribution is -1.96. The maximum atomic E-state index is 13.5. The van der Waals surface area contributed by atoms with Crippen LogP contribution in [-0.2, 0) is 0 Å². The molecule has 0 unspecified atom stereocenters. The van der Waals surface area contributed by atoms with Crippen molar-refractivity contribution in [2.45, 2.75) is 20.8 Å². The molecule has 0 amide bonds. The van der Waals surface area contributed by atoms with Gasteiger partial charge in [-0.1, -0.05) is 24.3 Å². The van der Waals surface area contributed by atoms with Crippen LogP contribution in [0, 0.1) is 26.6 Å². The molecule has 2 aromatic rings. The zero-order chi connectivity index (χ0) is 12.6. The summed E-state index contributed by atoms with van der Waals surface area (Å²) in [7, 11) is 0. The molecule has 0 heterocycles. The van der Waals surface area contributed by atoms with Crippen molar-refractivity contribution in [1.29, 1.82) is 0 Å². The molecule has 0 saturated heterocycles. The van der Waals surface area contributed by atoms with Gasteiger partial charge >= 0.3 is 0 Å². The quantitative estimate of drug-likeness (QED) is 0.735. The number of benzene rings is 2. The Labute approximate surface area is 101 Å². The summed E-state index contributed by atoms with van der Waals surface area (Å²) in [4.78, 5) is 0. The number of nitrogen functional groups attached to an aromatic ring is 1. The number of anilines is 1. The molecule has 0 aliphatic heterocycles. The van der Waals surface area contributed by atoms with Crippen LogP contribution < -0.4 is 5.73 Å². The molecule has 1 nitrogen and oxygen atoms in total. The number of para-hydroxylation sites is 1. The Bertz CT molecular complexity index is 573. The van der Waals surface area contributed by atoms with Crippen LogP contribution in [0.25, 0.3) is 11.1 Å². The van der Waals surface area contributed by atoms with E-state index in [0.29, 0.717) is 0 Å². The second kappa shape index (κ2) is 4.21. The molecule has 17 heavy (non-hydrogen) atoms. The molecule has 2 N–H and O–H groups in total. The van der Waals surface area contributed by atoms with E-state index < -0.39 is 0 Å². The van der Waals surface area contributed by atoms with Gasteiger partial charge in [0.15, 0.2) is 0 Å². The molecule has 0 aliphatic carbocycles. The van der Waals surface area contributed by atoms with Crippen LogP contribution in [0.15, 0.2) is 30.3 Å². The Kier molecular flexibility index (Phi) is 2.88. The molecule has 0 atom stereocenters. The van der Waals surface area contributed by atoms with Crippen molar-refractivity contribution in [1.82, 2.24) is 0 Å². The van der Waals surface area contributed by atoms with Gasteiger partial charge in [-0.25, -0.2) is 4.39 Å². The largest absolute Gasteiger partial charge is 0.396 e. The van der Waals surface area contributed by atoms with Crippen LogP contribution in [-0.4, -0.2) is 0 Å². The fraction of sp³-hybridized carbons (Fsp3) is 0.200. The van der Waals surface area contributed by atoms with Crippen molar-refractivity contribution in [2.75, 3.05) is 5.73 Å². The first-order chi connectivity index (χ1) is 8.00. The lowest BCUT2D eigenvalue weighted by molar-refractivity contribution is 0.633. The number of halogens is 1. The normalized spacial score (nSPS) is 10.6. The minimum atomic E-state index is -0.361. The van der Waals surface area contributed by atoms with Gasteiger partial charge in [0.2, 0.25) is 0 Å². The maximum absolute atomic E-state index is 13.5. The average molecular weight is 229 g/mol. The van der Waals surface area contributed by atoms with Crippen LogP contribution in [0.4, 0.5) is 10.1 Å². The maximum Gasteiger partial charge on any atom is 0.146 e. The number of hydrogen-bond donors (Lipinski definition) is 1. The molecule has 2 heteroatoms. The molecule has 2 aromatic carbocycles. The summed E-state index contributed by atoms with van der Waals surface area (Å²) < 4.78 is 13.5. The Morgan fingerprint density at radius 2 is 1.53 bits per heavy atom. The fourth-order valence-electron chi connectivity index (χ4n) is 2.02. The minimum absolute atomic E-state index is 0.221. The van der Waals surface area contributed by atoms with Gasteiger partial charge in [-0.15, -0.1) is 0 Å². The van der Waals surface area contributed by atoms with Crippen LogP contribution >= 0.6 is 0 Å². The van der Waals surface area contributed by atoms with E-state index in [0.717, 1.165) is 16.7 Å². The fourth-order valence-corrected chi connectivity index (χ4v) is 2.02. The molecular weight excluding hydrogens is 213 g/mol. The average Bonchev–Trinajstić information content (AvgIpc) is 2.28. The number of hydrogen-bond acceptors (Lipinski definition) is 1. The lowest BCUT2D eigenvalue weighted by atomic mass is 9.94. The lowest BCUT2D eigenvalue weighted by Gasteiger charge is -2.12. The number of nitrogens with two attached hydrogens (primary N) is 1. The van der Waals surface area contributed by atoms with Gasteiger partial charge in [-0.05, 0) is 49.1 Å². The van der Waals surface area contributed by atoms with Crippen molar-refractivity contribution in [2.24, 2.45) is 0 Å². The SMILES string of the molecule is Cc1cc(C)c(-c2cccc(F)c2N)cc1C. The first-order valence-electron chi connectivity index (χ1n) is 5.63. The van der Waals surface area contributed by atoms with Gasteiger partial charge in [-0.3, -0.25) is 0 Å². The van der Waals surface area contributed by atoms with Crippen molar-refractivity contribution >= 4 is 5.69 Å². The van der Waals surface area contributed by atoms with E-state index in [2.05, 4.69) is 19.1 Å². The van der Waals surface area contributed by atoms with Crippen LogP contribution in [0.1, 0.15) is 16.7 Å². The predicted molar refractivity (Wildman–Crippen MR) is 70.5 cm³/mol. The van der Waals surface area contributed by atoms with Crippen molar-refractivity contribution in [3.05, 3.63) is 52.8 Å². The van der Waals surface area contributed by atoms with Crippen LogP contribution in [0.3, 0.4) is 0 Å². The molecule has 0 saturated carbocycles. The zero-order valence-corrected chi connectivity index (χ0v) is 10.3. The van der Waals surface area contributed by atoms with E-state index >= 15 is 0 Å². The Morgan fingerprint density at radius 1 is 0.882 bits per heavy atom. The smallest absolute Gasteiger partial charge is 0.146 e. The first-order valence-corrected chi connectivity index (χ1v) is 5.63. The summed E-state index contributed by atoms with van der Waals surface area (Å²) in [6, 6.07) is 9.10. The van der Waals surface area contributed by atoms with E-state index in [4.69, 9.17) is 5.73 Å². The van der Waals surface area contributed by atoms with Crippen LogP contribution in [0.5, 0.6) is 0 Å². The molecule has 88 valence electrons. The summed E-state index contributed by atoms with van der Waals surface area (Å²) in [5.74, 6) is -0.361. The summed E-state index contributed by atoms with van der Waals surface area (Å²) in [5, 5.41) is 0. The molecule has 2 rings (SSSR count). The second-order valence-electron chi connectivity index (χ2n) is 4.45. The number of aryl methyl sites for hydroxylation is 3.